The van der Waals surface area contributed by atoms with Gasteiger partial charge in [0.1, 0.15) is 11.3 Å². The molecule has 150 valence electrons. The van der Waals surface area contributed by atoms with Gasteiger partial charge in [-0.15, -0.1) is 0 Å². The van der Waals surface area contributed by atoms with Crippen molar-refractivity contribution < 1.29 is 9.15 Å². The van der Waals surface area contributed by atoms with E-state index in [0.717, 1.165) is 59.3 Å². The van der Waals surface area contributed by atoms with Gasteiger partial charge >= 0.3 is 5.63 Å². The molecule has 29 heavy (non-hydrogen) atoms. The van der Waals surface area contributed by atoms with Crippen LogP contribution in [0, 0.1) is 6.92 Å². The first-order valence-corrected chi connectivity index (χ1v) is 10.4. The lowest BCUT2D eigenvalue weighted by atomic mass is 9.87. The number of nitrogens with zero attached hydrogens (tertiary/aromatic N) is 1. The molecule has 0 saturated carbocycles. The van der Waals surface area contributed by atoms with E-state index >= 15 is 0 Å². The maximum atomic E-state index is 12.4. The molecule has 0 N–H and O–H groups in total. The van der Waals surface area contributed by atoms with Crippen molar-refractivity contribution in [2.24, 2.45) is 0 Å². The van der Waals surface area contributed by atoms with Crippen molar-refractivity contribution in [3.8, 4) is 5.75 Å². The first-order valence-electron chi connectivity index (χ1n) is 10.4. The van der Waals surface area contributed by atoms with Crippen LogP contribution in [-0.4, -0.2) is 6.73 Å². The maximum absolute atomic E-state index is 12.4. The van der Waals surface area contributed by atoms with E-state index in [4.69, 9.17) is 9.15 Å². The Morgan fingerprint density at radius 3 is 2.48 bits per heavy atom. The molecule has 1 aliphatic carbocycles. The largest absolute Gasteiger partial charge is 0.472 e. The highest BCUT2D eigenvalue weighted by Crippen LogP contribution is 2.39. The van der Waals surface area contributed by atoms with Gasteiger partial charge in [-0.2, -0.15) is 0 Å². The molecule has 0 amide bonds. The number of hydrogen-bond acceptors (Lipinski definition) is 4. The van der Waals surface area contributed by atoms with Crippen molar-refractivity contribution in [1.29, 1.82) is 0 Å². The number of aryl methyl sites for hydroxylation is 2. The van der Waals surface area contributed by atoms with Gasteiger partial charge < -0.3 is 14.1 Å². The fourth-order valence-corrected chi connectivity index (χ4v) is 4.68. The standard InChI is InChI=1S/C25H27NO3/c1-15-22-16(12-21-19-6-5-7-20(19)24(27)29-23(15)21)13-26(14-28-22)18-10-8-17(9-11-18)25(2,3)4/h8-12H,5-7,13-14H2,1-4H3. The minimum absolute atomic E-state index is 0.143. The third-order valence-electron chi connectivity index (χ3n) is 6.34. The molecule has 4 nitrogen and oxygen atoms in total. The molecule has 2 heterocycles. The zero-order valence-electron chi connectivity index (χ0n) is 17.6. The fourth-order valence-electron chi connectivity index (χ4n) is 4.68. The van der Waals surface area contributed by atoms with Crippen molar-refractivity contribution in [2.45, 2.75) is 58.9 Å². The minimum Gasteiger partial charge on any atom is -0.472 e. The molecule has 0 saturated heterocycles. The summed E-state index contributed by atoms with van der Waals surface area (Å²) >= 11 is 0. The van der Waals surface area contributed by atoms with Crippen LogP contribution < -0.4 is 15.3 Å². The van der Waals surface area contributed by atoms with Crippen LogP contribution in [0.4, 0.5) is 5.69 Å². The van der Waals surface area contributed by atoms with Crippen molar-refractivity contribution in [1.82, 2.24) is 0 Å². The summed E-state index contributed by atoms with van der Waals surface area (Å²) < 4.78 is 11.9. The van der Waals surface area contributed by atoms with Crippen molar-refractivity contribution >= 4 is 16.7 Å². The van der Waals surface area contributed by atoms with Crippen LogP contribution >= 0.6 is 0 Å². The first-order chi connectivity index (χ1) is 13.8. The minimum atomic E-state index is -0.176. The topological polar surface area (TPSA) is 42.7 Å². The van der Waals surface area contributed by atoms with Crippen molar-refractivity contribution in [3.05, 3.63) is 68.6 Å². The van der Waals surface area contributed by atoms with E-state index < -0.39 is 0 Å². The van der Waals surface area contributed by atoms with Gasteiger partial charge in [0.05, 0.1) is 0 Å². The summed E-state index contributed by atoms with van der Waals surface area (Å²) in [5, 5.41) is 1.09. The number of benzene rings is 2. The molecule has 1 aliphatic heterocycles. The smallest absolute Gasteiger partial charge is 0.339 e. The summed E-state index contributed by atoms with van der Waals surface area (Å²) in [6.45, 7) is 9.96. The Balaban J connectivity index is 1.55. The van der Waals surface area contributed by atoms with Crippen LogP contribution in [0.1, 0.15) is 55.0 Å². The highest BCUT2D eigenvalue weighted by atomic mass is 16.5. The molecule has 5 rings (SSSR count). The first kappa shape index (κ1) is 18.3. The van der Waals surface area contributed by atoms with Crippen LogP contribution in [0.15, 0.2) is 39.5 Å². The average Bonchev–Trinajstić information content (AvgIpc) is 3.19. The molecule has 3 aromatic rings. The van der Waals surface area contributed by atoms with E-state index in [-0.39, 0.29) is 11.0 Å². The van der Waals surface area contributed by atoms with E-state index in [2.05, 4.69) is 56.0 Å². The fraction of sp³-hybridized carbons (Fsp3) is 0.400. The summed E-state index contributed by atoms with van der Waals surface area (Å²) in [5.41, 5.74) is 7.28. The lowest BCUT2D eigenvalue weighted by Gasteiger charge is -2.32. The summed E-state index contributed by atoms with van der Waals surface area (Å²) in [4.78, 5) is 14.6. The van der Waals surface area contributed by atoms with Crippen molar-refractivity contribution in [3.63, 3.8) is 0 Å². The molecule has 0 unspecified atom stereocenters. The monoisotopic (exact) mass is 389 g/mol. The summed E-state index contributed by atoms with van der Waals surface area (Å²) in [7, 11) is 0. The predicted octanol–water partition coefficient (Wildman–Crippen LogP) is 5.24. The quantitative estimate of drug-likeness (QED) is 0.534. The number of anilines is 1. The normalized spacial score (nSPS) is 15.9. The number of rotatable bonds is 1. The summed E-state index contributed by atoms with van der Waals surface area (Å²) in [6.07, 6.45) is 2.80. The molecule has 0 atom stereocenters. The van der Waals surface area contributed by atoms with Gasteiger partial charge in [0.25, 0.3) is 0 Å². The molecule has 2 aromatic carbocycles. The molecular weight excluding hydrogens is 362 g/mol. The van der Waals surface area contributed by atoms with E-state index in [0.29, 0.717) is 12.3 Å². The summed E-state index contributed by atoms with van der Waals surface area (Å²) in [6, 6.07) is 11.0. The van der Waals surface area contributed by atoms with Crippen LogP contribution in [0.25, 0.3) is 11.0 Å². The third kappa shape index (κ3) is 2.93. The Hall–Kier alpha value is -2.75. The number of ether oxygens (including phenoxy) is 1. The van der Waals surface area contributed by atoms with E-state index in [1.165, 1.54) is 11.1 Å². The molecular formula is C25H27NO3. The van der Waals surface area contributed by atoms with Crippen LogP contribution in [-0.2, 0) is 24.8 Å². The second-order valence-corrected chi connectivity index (χ2v) is 9.33. The van der Waals surface area contributed by atoms with Crippen LogP contribution in [0.5, 0.6) is 5.75 Å². The van der Waals surface area contributed by atoms with Gasteiger partial charge in [-0.1, -0.05) is 32.9 Å². The molecule has 0 spiro atoms. The molecule has 0 bridgehead atoms. The van der Waals surface area contributed by atoms with E-state index in [1.54, 1.807) is 0 Å². The number of hydrogen-bond donors (Lipinski definition) is 0. The molecule has 1 aromatic heterocycles. The maximum Gasteiger partial charge on any atom is 0.339 e. The summed E-state index contributed by atoms with van der Waals surface area (Å²) in [5.74, 6) is 0.862. The second kappa shape index (κ2) is 6.38. The van der Waals surface area contributed by atoms with E-state index in [9.17, 15) is 4.79 Å². The predicted molar refractivity (Wildman–Crippen MR) is 116 cm³/mol. The van der Waals surface area contributed by atoms with E-state index in [1.807, 2.05) is 6.92 Å². The zero-order valence-corrected chi connectivity index (χ0v) is 17.6. The highest BCUT2D eigenvalue weighted by molar-refractivity contribution is 5.87. The van der Waals surface area contributed by atoms with Crippen LogP contribution in [0.3, 0.4) is 0 Å². The Labute approximate surface area is 171 Å². The van der Waals surface area contributed by atoms with Crippen LogP contribution in [0.2, 0.25) is 0 Å². The van der Waals surface area contributed by atoms with Gasteiger partial charge in [0.15, 0.2) is 6.73 Å². The Kier molecular flexibility index (Phi) is 4.02. The average molecular weight is 389 g/mol. The third-order valence-corrected chi connectivity index (χ3v) is 6.34. The second-order valence-electron chi connectivity index (χ2n) is 9.33. The SMILES string of the molecule is Cc1c2c(cc3c4c(c(=O)oc13)CCC4)CN(c1ccc(C(C)(C)C)cc1)CO2. The Bertz CT molecular complexity index is 1170. The molecule has 2 aliphatic rings. The lowest BCUT2D eigenvalue weighted by Crippen LogP contribution is -2.32. The number of fused-ring (bicyclic) bond motifs is 4. The van der Waals surface area contributed by atoms with Gasteiger partial charge in [-0.05, 0) is 60.9 Å². The highest BCUT2D eigenvalue weighted by Gasteiger charge is 2.26. The molecule has 4 heteroatoms. The van der Waals surface area contributed by atoms with Gasteiger partial charge in [0, 0.05) is 34.3 Å². The van der Waals surface area contributed by atoms with Crippen molar-refractivity contribution in [2.75, 3.05) is 11.6 Å². The zero-order chi connectivity index (χ0) is 20.3. The lowest BCUT2D eigenvalue weighted by molar-refractivity contribution is 0.287. The Morgan fingerprint density at radius 2 is 1.76 bits per heavy atom. The Morgan fingerprint density at radius 1 is 1.03 bits per heavy atom. The molecule has 0 radical (unpaired) electrons. The molecule has 0 fully saturated rings. The van der Waals surface area contributed by atoms with Gasteiger partial charge in [-0.25, -0.2) is 4.79 Å². The van der Waals surface area contributed by atoms with Gasteiger partial charge in [-0.3, -0.25) is 0 Å². The van der Waals surface area contributed by atoms with Gasteiger partial charge in [0.2, 0.25) is 0 Å².